The fourth-order valence-corrected chi connectivity index (χ4v) is 0.615. The molecular formula is C7H15ClN2O. The molecule has 11 heavy (non-hydrogen) atoms. The maximum atomic E-state index is 10.8. The van der Waals surface area contributed by atoms with E-state index in [-0.39, 0.29) is 6.03 Å². The third kappa shape index (κ3) is 7.46. The zero-order valence-corrected chi connectivity index (χ0v) is 7.74. The van der Waals surface area contributed by atoms with Gasteiger partial charge in [0.1, 0.15) is 0 Å². The van der Waals surface area contributed by atoms with Gasteiger partial charge in [0.2, 0.25) is 0 Å². The Labute approximate surface area is 72.5 Å². The van der Waals surface area contributed by atoms with Gasteiger partial charge in [0.05, 0.1) is 0 Å². The number of alkyl halides is 1. The van der Waals surface area contributed by atoms with E-state index in [0.717, 1.165) is 0 Å². The van der Waals surface area contributed by atoms with E-state index < -0.39 is 0 Å². The molecule has 0 aromatic heterocycles. The molecule has 0 bridgehead atoms. The molecule has 0 radical (unpaired) electrons. The topological polar surface area (TPSA) is 41.1 Å². The first-order valence-corrected chi connectivity index (χ1v) is 4.28. The molecule has 0 aromatic carbocycles. The molecule has 3 nitrogen and oxygen atoms in total. The van der Waals surface area contributed by atoms with E-state index in [9.17, 15) is 4.79 Å². The largest absolute Gasteiger partial charge is 0.338 e. The Morgan fingerprint density at radius 3 is 2.55 bits per heavy atom. The van der Waals surface area contributed by atoms with Crippen LogP contribution in [0.3, 0.4) is 0 Å². The zero-order valence-electron chi connectivity index (χ0n) is 6.98. The van der Waals surface area contributed by atoms with Crippen molar-refractivity contribution in [1.82, 2.24) is 10.6 Å². The molecule has 0 aromatic rings. The van der Waals surface area contributed by atoms with E-state index in [2.05, 4.69) is 10.6 Å². The van der Waals surface area contributed by atoms with E-state index >= 15 is 0 Å². The number of carbonyl (C=O) groups excluding carboxylic acids is 1. The standard InChI is InChI=1S/C7H15ClN2O/c1-6(2)5-10-7(11)9-4-3-8/h6H,3-5H2,1-2H3,(H2,9,10,11). The second-order valence-corrected chi connectivity index (χ2v) is 3.10. The molecule has 66 valence electrons. The number of hydrogen-bond donors (Lipinski definition) is 2. The summed E-state index contributed by atoms with van der Waals surface area (Å²) in [4.78, 5) is 10.8. The lowest BCUT2D eigenvalue weighted by molar-refractivity contribution is 0.240. The molecule has 0 saturated carbocycles. The molecular weight excluding hydrogens is 164 g/mol. The van der Waals surface area contributed by atoms with Crippen molar-refractivity contribution < 1.29 is 4.79 Å². The highest BCUT2D eigenvalue weighted by molar-refractivity contribution is 6.18. The number of hydrogen-bond acceptors (Lipinski definition) is 1. The van der Waals surface area contributed by atoms with Crippen molar-refractivity contribution in [2.24, 2.45) is 5.92 Å². The van der Waals surface area contributed by atoms with Crippen LogP contribution in [0.15, 0.2) is 0 Å². The predicted octanol–water partition coefficient (Wildman–Crippen LogP) is 1.18. The van der Waals surface area contributed by atoms with Crippen molar-refractivity contribution in [3.63, 3.8) is 0 Å². The Morgan fingerprint density at radius 2 is 2.09 bits per heavy atom. The Hall–Kier alpha value is -0.440. The van der Waals surface area contributed by atoms with Gasteiger partial charge in [-0.3, -0.25) is 0 Å². The van der Waals surface area contributed by atoms with E-state index in [0.29, 0.717) is 24.9 Å². The van der Waals surface area contributed by atoms with Crippen LogP contribution in [-0.4, -0.2) is 25.0 Å². The zero-order chi connectivity index (χ0) is 8.69. The van der Waals surface area contributed by atoms with Crippen LogP contribution < -0.4 is 10.6 Å². The van der Waals surface area contributed by atoms with Crippen LogP contribution in [0, 0.1) is 5.92 Å². The number of urea groups is 1. The monoisotopic (exact) mass is 178 g/mol. The average Bonchev–Trinajstić information content (AvgIpc) is 1.97. The van der Waals surface area contributed by atoms with Gasteiger partial charge in [-0.05, 0) is 5.92 Å². The molecule has 4 heteroatoms. The fourth-order valence-electron chi connectivity index (χ4n) is 0.520. The van der Waals surface area contributed by atoms with Gasteiger partial charge in [-0.15, -0.1) is 11.6 Å². The number of halogens is 1. The summed E-state index contributed by atoms with van der Waals surface area (Å²) in [7, 11) is 0. The van der Waals surface area contributed by atoms with Crippen molar-refractivity contribution in [3.8, 4) is 0 Å². The van der Waals surface area contributed by atoms with Crippen LogP contribution in [0.4, 0.5) is 4.79 Å². The van der Waals surface area contributed by atoms with E-state index in [4.69, 9.17) is 11.6 Å². The molecule has 0 rings (SSSR count). The quantitative estimate of drug-likeness (QED) is 0.624. The average molecular weight is 179 g/mol. The maximum absolute atomic E-state index is 10.8. The van der Waals surface area contributed by atoms with Gasteiger partial charge in [0, 0.05) is 19.0 Å². The second-order valence-electron chi connectivity index (χ2n) is 2.72. The van der Waals surface area contributed by atoms with Crippen molar-refractivity contribution in [2.45, 2.75) is 13.8 Å². The summed E-state index contributed by atoms with van der Waals surface area (Å²) in [5, 5.41) is 5.31. The Kier molecular flexibility index (Phi) is 6.03. The number of rotatable bonds is 4. The molecule has 0 atom stereocenters. The van der Waals surface area contributed by atoms with Gasteiger partial charge in [0.25, 0.3) is 0 Å². The lowest BCUT2D eigenvalue weighted by atomic mass is 10.2. The summed E-state index contributed by atoms with van der Waals surface area (Å²) in [6.45, 7) is 5.31. The molecule has 2 N–H and O–H groups in total. The van der Waals surface area contributed by atoms with E-state index in [1.165, 1.54) is 0 Å². The van der Waals surface area contributed by atoms with E-state index in [1.54, 1.807) is 0 Å². The molecule has 0 spiro atoms. The van der Waals surface area contributed by atoms with Gasteiger partial charge < -0.3 is 10.6 Å². The Balaban J connectivity index is 3.23. The fraction of sp³-hybridized carbons (Fsp3) is 0.857. The third-order valence-corrected chi connectivity index (χ3v) is 1.24. The Morgan fingerprint density at radius 1 is 1.45 bits per heavy atom. The second kappa shape index (κ2) is 6.28. The smallest absolute Gasteiger partial charge is 0.314 e. The minimum absolute atomic E-state index is 0.139. The Bertz CT molecular complexity index is 117. The highest BCUT2D eigenvalue weighted by Crippen LogP contribution is 1.86. The molecule has 0 aliphatic rings. The molecule has 2 amide bonds. The summed E-state index contributed by atoms with van der Waals surface area (Å²) >= 11 is 5.37. The first-order chi connectivity index (χ1) is 5.16. The van der Waals surface area contributed by atoms with Crippen LogP contribution in [0.2, 0.25) is 0 Å². The van der Waals surface area contributed by atoms with Crippen LogP contribution >= 0.6 is 11.6 Å². The summed E-state index contributed by atoms with van der Waals surface area (Å²) in [5.41, 5.74) is 0. The maximum Gasteiger partial charge on any atom is 0.314 e. The van der Waals surface area contributed by atoms with Crippen LogP contribution in [-0.2, 0) is 0 Å². The van der Waals surface area contributed by atoms with Crippen LogP contribution in [0.5, 0.6) is 0 Å². The van der Waals surface area contributed by atoms with Crippen molar-refractivity contribution in [1.29, 1.82) is 0 Å². The SMILES string of the molecule is CC(C)CNC(=O)NCCCl. The first-order valence-electron chi connectivity index (χ1n) is 3.74. The normalized spacial score (nSPS) is 9.82. The number of nitrogens with one attached hydrogen (secondary N) is 2. The first kappa shape index (κ1) is 10.6. The van der Waals surface area contributed by atoms with Gasteiger partial charge in [-0.25, -0.2) is 4.79 Å². The molecule has 0 saturated heterocycles. The van der Waals surface area contributed by atoms with Crippen LogP contribution in [0.25, 0.3) is 0 Å². The molecule has 0 aliphatic carbocycles. The van der Waals surface area contributed by atoms with Crippen molar-refractivity contribution >= 4 is 17.6 Å². The lowest BCUT2D eigenvalue weighted by Gasteiger charge is -2.07. The van der Waals surface area contributed by atoms with Gasteiger partial charge in [0.15, 0.2) is 0 Å². The highest BCUT2D eigenvalue weighted by atomic mass is 35.5. The predicted molar refractivity (Wildman–Crippen MR) is 47.0 cm³/mol. The summed E-state index contributed by atoms with van der Waals surface area (Å²) in [6, 6.07) is -0.139. The summed E-state index contributed by atoms with van der Waals surface area (Å²) in [6.07, 6.45) is 0. The van der Waals surface area contributed by atoms with E-state index in [1.807, 2.05) is 13.8 Å². The molecule has 0 unspecified atom stereocenters. The lowest BCUT2D eigenvalue weighted by Crippen LogP contribution is -2.38. The van der Waals surface area contributed by atoms with Crippen molar-refractivity contribution in [3.05, 3.63) is 0 Å². The third-order valence-electron chi connectivity index (χ3n) is 1.05. The highest BCUT2D eigenvalue weighted by Gasteiger charge is 1.98. The van der Waals surface area contributed by atoms with Gasteiger partial charge in [-0.1, -0.05) is 13.8 Å². The van der Waals surface area contributed by atoms with Crippen LogP contribution in [0.1, 0.15) is 13.8 Å². The van der Waals surface area contributed by atoms with Gasteiger partial charge in [-0.2, -0.15) is 0 Å². The molecule has 0 fully saturated rings. The molecule has 0 heterocycles. The number of amides is 2. The minimum Gasteiger partial charge on any atom is -0.338 e. The van der Waals surface area contributed by atoms with Crippen molar-refractivity contribution in [2.75, 3.05) is 19.0 Å². The summed E-state index contributed by atoms with van der Waals surface area (Å²) in [5.74, 6) is 0.937. The number of carbonyl (C=O) groups is 1. The van der Waals surface area contributed by atoms with Gasteiger partial charge >= 0.3 is 6.03 Å². The summed E-state index contributed by atoms with van der Waals surface area (Å²) < 4.78 is 0. The molecule has 0 aliphatic heterocycles. The minimum atomic E-state index is -0.139.